The molecule has 29 heavy (non-hydrogen) atoms. The van der Waals surface area contributed by atoms with Gasteiger partial charge in [0.15, 0.2) is 11.5 Å². The molecule has 7 nitrogen and oxygen atoms in total. The number of aromatic nitrogens is 1. The quantitative estimate of drug-likeness (QED) is 0.671. The lowest BCUT2D eigenvalue weighted by molar-refractivity contribution is -0.157. The van der Waals surface area contributed by atoms with Gasteiger partial charge in [0.1, 0.15) is 6.61 Å². The standard InChI is InChI=1S/C22H26N2O5/c1-15(24-20(25)13-22(21(26)27)8-3-9-22)17-4-5-18(19(12-17)28-2)29-14-16-6-10-23-11-7-16/h4-7,10-12,15H,3,8-9,13-14H2,1-2H3,(H,24,25)(H,26,27). The SMILES string of the molecule is COc1cc(C(C)NC(=O)CC2(C(=O)O)CCC2)ccc1OCc1ccncc1. The summed E-state index contributed by atoms with van der Waals surface area (Å²) >= 11 is 0. The number of benzene rings is 1. The number of amides is 1. The van der Waals surface area contributed by atoms with Crippen molar-refractivity contribution in [2.24, 2.45) is 5.41 Å². The number of pyridine rings is 1. The first-order chi connectivity index (χ1) is 13.9. The maximum atomic E-state index is 12.4. The van der Waals surface area contributed by atoms with Crippen LogP contribution in [0.4, 0.5) is 0 Å². The Morgan fingerprint density at radius 2 is 1.93 bits per heavy atom. The van der Waals surface area contributed by atoms with Gasteiger partial charge < -0.3 is 19.9 Å². The van der Waals surface area contributed by atoms with Gasteiger partial charge in [-0.3, -0.25) is 14.6 Å². The molecule has 0 aliphatic heterocycles. The molecule has 1 unspecified atom stereocenters. The molecule has 1 aliphatic rings. The smallest absolute Gasteiger partial charge is 0.310 e. The zero-order valence-electron chi connectivity index (χ0n) is 16.7. The van der Waals surface area contributed by atoms with Crippen molar-refractivity contribution in [1.82, 2.24) is 10.3 Å². The van der Waals surface area contributed by atoms with E-state index in [9.17, 15) is 14.7 Å². The first-order valence-corrected chi connectivity index (χ1v) is 9.66. The molecule has 1 aromatic carbocycles. The number of rotatable bonds is 9. The predicted octanol–water partition coefficient (Wildman–Crippen LogP) is 3.49. The molecule has 1 atom stereocenters. The first-order valence-electron chi connectivity index (χ1n) is 9.66. The van der Waals surface area contributed by atoms with Crippen LogP contribution in [0.2, 0.25) is 0 Å². The van der Waals surface area contributed by atoms with Gasteiger partial charge in [-0.1, -0.05) is 12.5 Å². The molecule has 1 heterocycles. The highest BCUT2D eigenvalue weighted by molar-refractivity contribution is 5.85. The topological polar surface area (TPSA) is 97.8 Å². The van der Waals surface area contributed by atoms with Crippen LogP contribution in [0.1, 0.15) is 49.8 Å². The molecule has 0 saturated heterocycles. The molecular formula is C22H26N2O5. The van der Waals surface area contributed by atoms with Crippen LogP contribution < -0.4 is 14.8 Å². The van der Waals surface area contributed by atoms with Gasteiger partial charge in [0.2, 0.25) is 5.91 Å². The monoisotopic (exact) mass is 398 g/mol. The average Bonchev–Trinajstić information content (AvgIpc) is 2.69. The third-order valence-corrected chi connectivity index (χ3v) is 5.47. The lowest BCUT2D eigenvalue weighted by atomic mass is 9.66. The molecule has 0 spiro atoms. The fourth-order valence-electron chi connectivity index (χ4n) is 3.47. The second-order valence-corrected chi connectivity index (χ2v) is 7.46. The number of carboxylic acids is 1. The van der Waals surface area contributed by atoms with Crippen LogP contribution in [0, 0.1) is 5.41 Å². The van der Waals surface area contributed by atoms with E-state index in [0.29, 0.717) is 30.9 Å². The van der Waals surface area contributed by atoms with Crippen molar-refractivity contribution < 1.29 is 24.2 Å². The molecule has 2 N–H and O–H groups in total. The molecule has 0 radical (unpaired) electrons. The number of nitrogens with one attached hydrogen (secondary N) is 1. The molecule has 0 bridgehead atoms. The largest absolute Gasteiger partial charge is 0.493 e. The van der Waals surface area contributed by atoms with Gasteiger partial charge in [0.25, 0.3) is 0 Å². The number of hydrogen-bond donors (Lipinski definition) is 2. The molecule has 3 rings (SSSR count). The number of carboxylic acid groups (broad SMARTS) is 1. The van der Waals surface area contributed by atoms with Crippen molar-refractivity contribution in [3.05, 3.63) is 53.9 Å². The highest BCUT2D eigenvalue weighted by atomic mass is 16.5. The number of hydrogen-bond acceptors (Lipinski definition) is 5. The molecule has 1 aromatic heterocycles. The van der Waals surface area contributed by atoms with Crippen molar-refractivity contribution in [1.29, 1.82) is 0 Å². The van der Waals surface area contributed by atoms with E-state index in [1.54, 1.807) is 19.5 Å². The van der Waals surface area contributed by atoms with E-state index in [2.05, 4.69) is 10.3 Å². The van der Waals surface area contributed by atoms with E-state index < -0.39 is 11.4 Å². The summed E-state index contributed by atoms with van der Waals surface area (Å²) in [6.07, 6.45) is 5.40. The molecule has 1 fully saturated rings. The summed E-state index contributed by atoms with van der Waals surface area (Å²) in [5, 5.41) is 12.3. The van der Waals surface area contributed by atoms with Crippen LogP contribution in [0.25, 0.3) is 0 Å². The Bertz CT molecular complexity index is 865. The van der Waals surface area contributed by atoms with Crippen LogP contribution in [0.5, 0.6) is 11.5 Å². The van der Waals surface area contributed by atoms with Gasteiger partial charge >= 0.3 is 5.97 Å². The minimum absolute atomic E-state index is 0.0108. The van der Waals surface area contributed by atoms with Crippen molar-refractivity contribution in [3.63, 3.8) is 0 Å². The average molecular weight is 398 g/mol. The highest BCUT2D eigenvalue weighted by Crippen LogP contribution is 2.44. The number of carbonyl (C=O) groups is 2. The molecule has 1 saturated carbocycles. The maximum absolute atomic E-state index is 12.4. The number of carbonyl (C=O) groups excluding carboxylic acids is 1. The number of aliphatic carboxylic acids is 1. The van der Waals surface area contributed by atoms with Gasteiger partial charge in [-0.05, 0) is 55.2 Å². The van der Waals surface area contributed by atoms with Crippen LogP contribution in [-0.4, -0.2) is 29.1 Å². The van der Waals surface area contributed by atoms with Crippen LogP contribution in [0.15, 0.2) is 42.7 Å². The van der Waals surface area contributed by atoms with Crippen LogP contribution in [-0.2, 0) is 16.2 Å². The van der Waals surface area contributed by atoms with Crippen molar-refractivity contribution >= 4 is 11.9 Å². The van der Waals surface area contributed by atoms with Gasteiger partial charge in [-0.25, -0.2) is 0 Å². The third-order valence-electron chi connectivity index (χ3n) is 5.47. The predicted molar refractivity (Wildman–Crippen MR) is 107 cm³/mol. The van der Waals surface area contributed by atoms with E-state index in [0.717, 1.165) is 17.5 Å². The van der Waals surface area contributed by atoms with Gasteiger partial charge in [0, 0.05) is 18.8 Å². The van der Waals surface area contributed by atoms with Gasteiger partial charge in [-0.2, -0.15) is 0 Å². The zero-order valence-corrected chi connectivity index (χ0v) is 16.7. The van der Waals surface area contributed by atoms with Crippen molar-refractivity contribution in [3.8, 4) is 11.5 Å². The minimum atomic E-state index is -0.897. The number of methoxy groups -OCH3 is 1. The van der Waals surface area contributed by atoms with Gasteiger partial charge in [-0.15, -0.1) is 0 Å². The fourth-order valence-corrected chi connectivity index (χ4v) is 3.47. The maximum Gasteiger partial charge on any atom is 0.310 e. The lowest BCUT2D eigenvalue weighted by Gasteiger charge is -2.37. The summed E-state index contributed by atoms with van der Waals surface area (Å²) in [5.74, 6) is 0.0324. The third kappa shape index (κ3) is 4.85. The van der Waals surface area contributed by atoms with E-state index in [-0.39, 0.29) is 18.4 Å². The Morgan fingerprint density at radius 1 is 1.21 bits per heavy atom. The normalized spacial score (nSPS) is 15.7. The van der Waals surface area contributed by atoms with Crippen LogP contribution >= 0.6 is 0 Å². The summed E-state index contributed by atoms with van der Waals surface area (Å²) in [6.45, 7) is 2.25. The summed E-state index contributed by atoms with van der Waals surface area (Å²) in [4.78, 5) is 27.8. The van der Waals surface area contributed by atoms with E-state index in [1.165, 1.54) is 0 Å². The van der Waals surface area contributed by atoms with Gasteiger partial charge in [0.05, 0.1) is 18.6 Å². The zero-order chi connectivity index (χ0) is 20.9. The summed E-state index contributed by atoms with van der Waals surface area (Å²) in [6, 6.07) is 8.98. The second-order valence-electron chi connectivity index (χ2n) is 7.46. The first kappa shape index (κ1) is 20.6. The Morgan fingerprint density at radius 3 is 2.52 bits per heavy atom. The highest BCUT2D eigenvalue weighted by Gasteiger charge is 2.46. The van der Waals surface area contributed by atoms with Crippen molar-refractivity contribution in [2.75, 3.05) is 7.11 Å². The van der Waals surface area contributed by atoms with E-state index >= 15 is 0 Å². The molecule has 1 aliphatic carbocycles. The molecular weight excluding hydrogens is 372 g/mol. The Labute approximate surface area is 170 Å². The van der Waals surface area contributed by atoms with Crippen LogP contribution in [0.3, 0.4) is 0 Å². The Balaban J connectivity index is 1.62. The minimum Gasteiger partial charge on any atom is -0.493 e. The Kier molecular flexibility index (Phi) is 6.36. The van der Waals surface area contributed by atoms with E-state index in [1.807, 2.05) is 37.3 Å². The summed E-state index contributed by atoms with van der Waals surface area (Å²) in [7, 11) is 1.56. The lowest BCUT2D eigenvalue weighted by Crippen LogP contribution is -2.43. The molecule has 1 amide bonds. The molecule has 2 aromatic rings. The molecule has 7 heteroatoms. The summed E-state index contributed by atoms with van der Waals surface area (Å²) < 4.78 is 11.3. The fraction of sp³-hybridized carbons (Fsp3) is 0.409. The van der Waals surface area contributed by atoms with E-state index in [4.69, 9.17) is 9.47 Å². The molecule has 154 valence electrons. The second kappa shape index (κ2) is 8.94. The Hall–Kier alpha value is -3.09. The number of nitrogens with zero attached hydrogens (tertiary/aromatic N) is 1. The summed E-state index contributed by atoms with van der Waals surface area (Å²) in [5.41, 5.74) is 0.950. The number of ether oxygens (including phenoxy) is 2. The van der Waals surface area contributed by atoms with Crippen molar-refractivity contribution in [2.45, 2.75) is 45.3 Å².